The minimum atomic E-state index is 0.503. The SMILES string of the molecule is CC(C)CNCc1oc2c(C(C)C)cccc2c1C1CC1. The van der Waals surface area contributed by atoms with Gasteiger partial charge in [0.25, 0.3) is 0 Å². The second-order valence-electron chi connectivity index (χ2n) is 7.12. The minimum Gasteiger partial charge on any atom is -0.459 e. The molecule has 1 heterocycles. The van der Waals surface area contributed by atoms with E-state index < -0.39 is 0 Å². The van der Waals surface area contributed by atoms with E-state index in [1.165, 1.54) is 35.1 Å². The molecule has 0 spiro atoms. The lowest BCUT2D eigenvalue weighted by Gasteiger charge is -2.07. The zero-order valence-corrected chi connectivity index (χ0v) is 13.7. The summed E-state index contributed by atoms with van der Waals surface area (Å²) in [6.45, 7) is 10.9. The van der Waals surface area contributed by atoms with Crippen molar-refractivity contribution < 1.29 is 4.42 Å². The third-order valence-corrected chi connectivity index (χ3v) is 4.31. The summed E-state index contributed by atoms with van der Waals surface area (Å²) in [7, 11) is 0. The highest BCUT2D eigenvalue weighted by Gasteiger charge is 2.31. The van der Waals surface area contributed by atoms with Gasteiger partial charge < -0.3 is 9.73 Å². The van der Waals surface area contributed by atoms with Crippen molar-refractivity contribution in [2.75, 3.05) is 6.54 Å². The zero-order valence-electron chi connectivity index (χ0n) is 13.7. The van der Waals surface area contributed by atoms with E-state index in [0.29, 0.717) is 11.8 Å². The van der Waals surface area contributed by atoms with Crippen molar-refractivity contribution in [1.82, 2.24) is 5.32 Å². The maximum Gasteiger partial charge on any atom is 0.138 e. The van der Waals surface area contributed by atoms with Crippen LogP contribution in [0.4, 0.5) is 0 Å². The standard InChI is InChI=1S/C19H27NO/c1-12(2)10-20-11-17-18(14-8-9-14)16-7-5-6-15(13(3)4)19(16)21-17/h5-7,12-14,20H,8-11H2,1-4H3. The van der Waals surface area contributed by atoms with Crippen LogP contribution in [0.15, 0.2) is 22.6 Å². The molecule has 0 saturated heterocycles. The fraction of sp³-hybridized carbons (Fsp3) is 0.579. The van der Waals surface area contributed by atoms with Gasteiger partial charge in [0, 0.05) is 10.9 Å². The van der Waals surface area contributed by atoms with Gasteiger partial charge >= 0.3 is 0 Å². The molecule has 21 heavy (non-hydrogen) atoms. The number of hydrogen-bond donors (Lipinski definition) is 1. The van der Waals surface area contributed by atoms with Gasteiger partial charge in [-0.25, -0.2) is 0 Å². The van der Waals surface area contributed by atoms with Gasteiger partial charge in [0.1, 0.15) is 11.3 Å². The van der Waals surface area contributed by atoms with Crippen LogP contribution in [0.3, 0.4) is 0 Å². The second kappa shape index (κ2) is 5.84. The van der Waals surface area contributed by atoms with Crippen LogP contribution in [-0.4, -0.2) is 6.54 Å². The molecular formula is C19H27NO. The predicted octanol–water partition coefficient (Wildman–Crippen LogP) is 5.18. The van der Waals surface area contributed by atoms with Crippen molar-refractivity contribution in [3.63, 3.8) is 0 Å². The van der Waals surface area contributed by atoms with E-state index in [-0.39, 0.29) is 0 Å². The van der Waals surface area contributed by atoms with E-state index in [2.05, 4.69) is 51.2 Å². The van der Waals surface area contributed by atoms with E-state index in [1.807, 2.05) is 0 Å². The van der Waals surface area contributed by atoms with Gasteiger partial charge in [-0.05, 0) is 42.7 Å². The monoisotopic (exact) mass is 285 g/mol. The first-order valence-corrected chi connectivity index (χ1v) is 8.32. The Bertz CT molecular complexity index is 620. The Morgan fingerprint density at radius 3 is 2.57 bits per heavy atom. The van der Waals surface area contributed by atoms with Gasteiger partial charge in [-0.1, -0.05) is 45.9 Å². The molecule has 1 fully saturated rings. The van der Waals surface area contributed by atoms with Crippen LogP contribution >= 0.6 is 0 Å². The first-order valence-electron chi connectivity index (χ1n) is 8.32. The highest BCUT2D eigenvalue weighted by molar-refractivity contribution is 5.86. The molecule has 0 aliphatic heterocycles. The summed E-state index contributed by atoms with van der Waals surface area (Å²) in [5, 5.41) is 4.89. The van der Waals surface area contributed by atoms with Gasteiger partial charge in [0.15, 0.2) is 0 Å². The highest BCUT2D eigenvalue weighted by atomic mass is 16.3. The molecular weight excluding hydrogens is 258 g/mol. The van der Waals surface area contributed by atoms with E-state index in [0.717, 1.165) is 24.6 Å². The summed E-state index contributed by atoms with van der Waals surface area (Å²) in [4.78, 5) is 0. The molecule has 1 N–H and O–H groups in total. The van der Waals surface area contributed by atoms with Crippen molar-refractivity contribution in [3.05, 3.63) is 35.1 Å². The Morgan fingerprint density at radius 1 is 1.19 bits per heavy atom. The van der Waals surface area contributed by atoms with Crippen molar-refractivity contribution in [1.29, 1.82) is 0 Å². The molecule has 2 aromatic rings. The third kappa shape index (κ3) is 3.01. The Morgan fingerprint density at radius 2 is 1.95 bits per heavy atom. The number of nitrogens with one attached hydrogen (secondary N) is 1. The molecule has 1 saturated carbocycles. The van der Waals surface area contributed by atoms with E-state index in [1.54, 1.807) is 0 Å². The number of para-hydroxylation sites is 1. The van der Waals surface area contributed by atoms with Gasteiger partial charge in [-0.3, -0.25) is 0 Å². The molecule has 0 atom stereocenters. The summed E-state index contributed by atoms with van der Waals surface area (Å²) < 4.78 is 6.31. The molecule has 0 bridgehead atoms. The normalized spacial score (nSPS) is 15.5. The van der Waals surface area contributed by atoms with Crippen molar-refractivity contribution in [2.24, 2.45) is 5.92 Å². The molecule has 3 rings (SSSR count). The summed E-state index contributed by atoms with van der Waals surface area (Å²) in [6, 6.07) is 6.63. The van der Waals surface area contributed by atoms with Crippen LogP contribution in [0.25, 0.3) is 11.0 Å². The maximum absolute atomic E-state index is 6.31. The topological polar surface area (TPSA) is 25.2 Å². The molecule has 1 aliphatic carbocycles. The van der Waals surface area contributed by atoms with Gasteiger partial charge in [-0.15, -0.1) is 0 Å². The van der Waals surface area contributed by atoms with E-state index in [9.17, 15) is 0 Å². The number of fused-ring (bicyclic) bond motifs is 1. The van der Waals surface area contributed by atoms with Gasteiger partial charge in [-0.2, -0.15) is 0 Å². The number of rotatable bonds is 6. The second-order valence-corrected chi connectivity index (χ2v) is 7.12. The summed E-state index contributed by atoms with van der Waals surface area (Å²) in [5.41, 5.74) is 3.93. The molecule has 2 nitrogen and oxygen atoms in total. The fourth-order valence-electron chi connectivity index (χ4n) is 3.09. The molecule has 0 radical (unpaired) electrons. The molecule has 1 aromatic carbocycles. The van der Waals surface area contributed by atoms with Crippen LogP contribution in [0.1, 0.15) is 69.3 Å². The first-order chi connectivity index (χ1) is 10.1. The van der Waals surface area contributed by atoms with Crippen LogP contribution in [0.2, 0.25) is 0 Å². The predicted molar refractivity (Wildman–Crippen MR) is 88.8 cm³/mol. The van der Waals surface area contributed by atoms with Crippen LogP contribution < -0.4 is 5.32 Å². The lowest BCUT2D eigenvalue weighted by molar-refractivity contribution is 0.479. The van der Waals surface area contributed by atoms with Crippen LogP contribution in [0.5, 0.6) is 0 Å². The minimum absolute atomic E-state index is 0.503. The summed E-state index contributed by atoms with van der Waals surface area (Å²) >= 11 is 0. The fourth-order valence-corrected chi connectivity index (χ4v) is 3.09. The molecule has 0 amide bonds. The van der Waals surface area contributed by atoms with Crippen molar-refractivity contribution in [2.45, 2.75) is 58.9 Å². The zero-order chi connectivity index (χ0) is 15.0. The van der Waals surface area contributed by atoms with Crippen LogP contribution in [0, 0.1) is 5.92 Å². The lowest BCUT2D eigenvalue weighted by Crippen LogP contribution is -2.19. The molecule has 2 heteroatoms. The van der Waals surface area contributed by atoms with Gasteiger partial charge in [0.05, 0.1) is 6.54 Å². The van der Waals surface area contributed by atoms with Crippen molar-refractivity contribution in [3.8, 4) is 0 Å². The molecule has 1 aliphatic rings. The summed E-state index contributed by atoms with van der Waals surface area (Å²) in [6.07, 6.45) is 2.63. The molecule has 1 aromatic heterocycles. The molecule has 0 unspecified atom stereocenters. The average Bonchev–Trinajstić information content (AvgIpc) is 3.18. The quantitative estimate of drug-likeness (QED) is 0.791. The first kappa shape index (κ1) is 14.6. The molecule has 114 valence electrons. The number of benzene rings is 1. The Balaban J connectivity index is 1.98. The van der Waals surface area contributed by atoms with Gasteiger partial charge in [0.2, 0.25) is 0 Å². The van der Waals surface area contributed by atoms with Crippen molar-refractivity contribution >= 4 is 11.0 Å². The summed E-state index contributed by atoms with van der Waals surface area (Å²) in [5.74, 6) is 3.07. The third-order valence-electron chi connectivity index (χ3n) is 4.31. The Kier molecular flexibility index (Phi) is 4.08. The number of furan rings is 1. The Labute approximate surface area is 127 Å². The van der Waals surface area contributed by atoms with E-state index in [4.69, 9.17) is 4.42 Å². The smallest absolute Gasteiger partial charge is 0.138 e. The largest absolute Gasteiger partial charge is 0.459 e. The van der Waals surface area contributed by atoms with Crippen LogP contribution in [-0.2, 0) is 6.54 Å². The number of hydrogen-bond acceptors (Lipinski definition) is 2. The lowest BCUT2D eigenvalue weighted by atomic mass is 9.98. The maximum atomic E-state index is 6.31. The Hall–Kier alpha value is -1.28. The average molecular weight is 285 g/mol. The van der Waals surface area contributed by atoms with E-state index >= 15 is 0 Å². The highest BCUT2D eigenvalue weighted by Crippen LogP contribution is 2.47.